The lowest BCUT2D eigenvalue weighted by atomic mass is 9.77. The van der Waals surface area contributed by atoms with Crippen molar-refractivity contribution in [2.75, 3.05) is 26.2 Å². The van der Waals surface area contributed by atoms with E-state index in [-0.39, 0.29) is 5.92 Å². The summed E-state index contributed by atoms with van der Waals surface area (Å²) >= 11 is 0. The van der Waals surface area contributed by atoms with Gasteiger partial charge >= 0.3 is 0 Å². The zero-order valence-corrected chi connectivity index (χ0v) is 13.5. The fourth-order valence-electron chi connectivity index (χ4n) is 4.62. The molecular weight excluding hydrogens is 262 g/mol. The van der Waals surface area contributed by atoms with Crippen LogP contribution >= 0.6 is 0 Å². The summed E-state index contributed by atoms with van der Waals surface area (Å²) in [4.78, 5) is 17.5. The van der Waals surface area contributed by atoms with Gasteiger partial charge < -0.3 is 10.6 Å². The van der Waals surface area contributed by atoms with E-state index in [9.17, 15) is 4.79 Å². The summed E-state index contributed by atoms with van der Waals surface area (Å²) in [7, 11) is 0. The van der Waals surface area contributed by atoms with Gasteiger partial charge in [-0.25, -0.2) is 0 Å². The van der Waals surface area contributed by atoms with Gasteiger partial charge in [0.25, 0.3) is 0 Å². The summed E-state index contributed by atoms with van der Waals surface area (Å²) in [6.45, 7) is 6.24. The highest BCUT2D eigenvalue weighted by atomic mass is 16.2. The summed E-state index contributed by atoms with van der Waals surface area (Å²) in [5, 5.41) is 0. The molecule has 0 bridgehead atoms. The lowest BCUT2D eigenvalue weighted by molar-refractivity contribution is -0.140. The molecule has 0 spiro atoms. The third-order valence-electron chi connectivity index (χ3n) is 5.99. The Morgan fingerprint density at radius 3 is 2.29 bits per heavy atom. The molecule has 1 amide bonds. The maximum absolute atomic E-state index is 12.8. The number of nitrogens with two attached hydrogens (primary N) is 1. The van der Waals surface area contributed by atoms with Crippen LogP contribution in [-0.2, 0) is 4.79 Å². The van der Waals surface area contributed by atoms with Gasteiger partial charge in [-0.15, -0.1) is 0 Å². The van der Waals surface area contributed by atoms with Crippen LogP contribution < -0.4 is 5.73 Å². The fraction of sp³-hybridized carbons (Fsp3) is 0.941. The highest BCUT2D eigenvalue weighted by Gasteiger charge is 2.35. The summed E-state index contributed by atoms with van der Waals surface area (Å²) in [5.74, 6) is 1.08. The van der Waals surface area contributed by atoms with Crippen molar-refractivity contribution in [3.8, 4) is 0 Å². The molecule has 3 aliphatic rings. The molecule has 3 unspecified atom stereocenters. The standard InChI is InChI=1S/C17H31N3O/c1-13-12-14(18)6-7-16(13)17(21)20-10-8-19(9-11-20)15-4-2-3-5-15/h13-16H,2-12,18H2,1H3. The molecule has 4 nitrogen and oxygen atoms in total. The van der Waals surface area contributed by atoms with Crippen molar-refractivity contribution in [1.29, 1.82) is 0 Å². The molecule has 0 radical (unpaired) electrons. The van der Waals surface area contributed by atoms with Crippen molar-refractivity contribution in [1.82, 2.24) is 9.80 Å². The maximum atomic E-state index is 12.8. The smallest absolute Gasteiger partial charge is 0.226 e. The molecule has 2 saturated carbocycles. The van der Waals surface area contributed by atoms with Crippen LogP contribution in [-0.4, -0.2) is 54.0 Å². The van der Waals surface area contributed by atoms with E-state index in [2.05, 4.69) is 16.7 Å². The molecule has 2 N–H and O–H groups in total. The van der Waals surface area contributed by atoms with E-state index in [1.165, 1.54) is 25.7 Å². The zero-order valence-electron chi connectivity index (χ0n) is 13.5. The predicted molar refractivity (Wildman–Crippen MR) is 84.9 cm³/mol. The summed E-state index contributed by atoms with van der Waals surface area (Å²) in [6, 6.07) is 1.11. The molecule has 4 heteroatoms. The van der Waals surface area contributed by atoms with Gasteiger partial charge in [0.1, 0.15) is 0 Å². The second-order valence-electron chi connectivity index (χ2n) is 7.46. The molecule has 3 fully saturated rings. The number of hydrogen-bond donors (Lipinski definition) is 1. The average molecular weight is 293 g/mol. The molecule has 1 saturated heterocycles. The third kappa shape index (κ3) is 3.42. The molecule has 1 heterocycles. The van der Waals surface area contributed by atoms with Gasteiger partial charge in [0.15, 0.2) is 0 Å². The first-order chi connectivity index (χ1) is 10.1. The molecule has 0 aromatic carbocycles. The highest BCUT2D eigenvalue weighted by Crippen LogP contribution is 2.31. The summed E-state index contributed by atoms with van der Waals surface area (Å²) in [5.41, 5.74) is 6.02. The first-order valence-electron chi connectivity index (χ1n) is 8.93. The predicted octanol–water partition coefficient (Wildman–Crippen LogP) is 1.84. The highest BCUT2D eigenvalue weighted by molar-refractivity contribution is 5.79. The summed E-state index contributed by atoms with van der Waals surface area (Å²) < 4.78 is 0. The summed E-state index contributed by atoms with van der Waals surface area (Å²) in [6.07, 6.45) is 8.54. The van der Waals surface area contributed by atoms with Crippen LogP contribution in [0, 0.1) is 11.8 Å². The zero-order chi connectivity index (χ0) is 14.8. The van der Waals surface area contributed by atoms with Gasteiger partial charge in [-0.3, -0.25) is 9.69 Å². The van der Waals surface area contributed by atoms with Crippen molar-refractivity contribution in [2.24, 2.45) is 17.6 Å². The molecule has 2 aliphatic carbocycles. The van der Waals surface area contributed by atoms with Gasteiger partial charge in [0, 0.05) is 44.2 Å². The monoisotopic (exact) mass is 293 g/mol. The van der Waals surface area contributed by atoms with Gasteiger partial charge in [-0.1, -0.05) is 19.8 Å². The van der Waals surface area contributed by atoms with Gasteiger partial charge in [-0.05, 0) is 38.0 Å². The minimum Gasteiger partial charge on any atom is -0.340 e. The van der Waals surface area contributed by atoms with Gasteiger partial charge in [0.2, 0.25) is 5.91 Å². The number of carbonyl (C=O) groups is 1. The minimum atomic E-state index is 0.225. The van der Waals surface area contributed by atoms with E-state index in [0.29, 0.717) is 17.9 Å². The molecule has 0 aromatic rings. The lowest BCUT2D eigenvalue weighted by Gasteiger charge is -2.41. The minimum absolute atomic E-state index is 0.225. The molecule has 120 valence electrons. The van der Waals surface area contributed by atoms with E-state index in [1.54, 1.807) is 0 Å². The van der Waals surface area contributed by atoms with Crippen molar-refractivity contribution in [2.45, 2.75) is 64.0 Å². The fourth-order valence-corrected chi connectivity index (χ4v) is 4.62. The quantitative estimate of drug-likeness (QED) is 0.845. The van der Waals surface area contributed by atoms with Crippen molar-refractivity contribution in [3.63, 3.8) is 0 Å². The molecule has 3 atom stereocenters. The van der Waals surface area contributed by atoms with E-state index in [0.717, 1.165) is 51.5 Å². The van der Waals surface area contributed by atoms with Crippen molar-refractivity contribution < 1.29 is 4.79 Å². The normalized spacial score (nSPS) is 36.1. The van der Waals surface area contributed by atoms with Crippen LogP contribution in [0.1, 0.15) is 51.9 Å². The second kappa shape index (κ2) is 6.66. The van der Waals surface area contributed by atoms with E-state index >= 15 is 0 Å². The number of carbonyl (C=O) groups excluding carboxylic acids is 1. The van der Waals surface area contributed by atoms with Crippen LogP contribution in [0.3, 0.4) is 0 Å². The topological polar surface area (TPSA) is 49.6 Å². The molecule has 21 heavy (non-hydrogen) atoms. The Kier molecular flexibility index (Phi) is 4.85. The SMILES string of the molecule is CC1CC(N)CCC1C(=O)N1CCN(C2CCCC2)CC1. The van der Waals surface area contributed by atoms with Crippen LogP contribution in [0.15, 0.2) is 0 Å². The Labute approximate surface area is 129 Å². The number of nitrogens with zero attached hydrogens (tertiary/aromatic N) is 2. The average Bonchev–Trinajstić information content (AvgIpc) is 3.01. The van der Waals surface area contributed by atoms with Crippen molar-refractivity contribution >= 4 is 5.91 Å². The van der Waals surface area contributed by atoms with E-state index in [4.69, 9.17) is 5.73 Å². The maximum Gasteiger partial charge on any atom is 0.226 e. The van der Waals surface area contributed by atoms with Gasteiger partial charge in [-0.2, -0.15) is 0 Å². The molecule has 3 rings (SSSR count). The first kappa shape index (κ1) is 15.3. The van der Waals surface area contributed by atoms with Crippen LogP contribution in [0.25, 0.3) is 0 Å². The Hall–Kier alpha value is -0.610. The van der Waals surface area contributed by atoms with Gasteiger partial charge in [0.05, 0.1) is 0 Å². The van der Waals surface area contributed by atoms with Crippen LogP contribution in [0.5, 0.6) is 0 Å². The van der Waals surface area contributed by atoms with Crippen molar-refractivity contribution in [3.05, 3.63) is 0 Å². The molecular formula is C17H31N3O. The van der Waals surface area contributed by atoms with Crippen LogP contribution in [0.4, 0.5) is 0 Å². The Morgan fingerprint density at radius 1 is 1.00 bits per heavy atom. The lowest BCUT2D eigenvalue weighted by Crippen LogP contribution is -2.53. The number of amides is 1. The first-order valence-corrected chi connectivity index (χ1v) is 8.93. The second-order valence-corrected chi connectivity index (χ2v) is 7.46. The Bertz CT molecular complexity index is 359. The Balaban J connectivity index is 1.50. The van der Waals surface area contributed by atoms with E-state index in [1.807, 2.05) is 0 Å². The third-order valence-corrected chi connectivity index (χ3v) is 5.99. The number of rotatable bonds is 2. The van der Waals surface area contributed by atoms with E-state index < -0.39 is 0 Å². The van der Waals surface area contributed by atoms with Crippen LogP contribution in [0.2, 0.25) is 0 Å². The Morgan fingerprint density at radius 2 is 1.67 bits per heavy atom. The molecule has 0 aromatic heterocycles. The number of hydrogen-bond acceptors (Lipinski definition) is 3. The molecule has 1 aliphatic heterocycles. The number of piperazine rings is 1. The largest absolute Gasteiger partial charge is 0.340 e.